The third-order valence-corrected chi connectivity index (χ3v) is 5.48. The van der Waals surface area contributed by atoms with Gasteiger partial charge >= 0.3 is 12.1 Å². The molecule has 2 aromatic rings. The van der Waals surface area contributed by atoms with Crippen molar-refractivity contribution in [2.75, 3.05) is 20.4 Å². The monoisotopic (exact) mass is 521 g/mol. The molecule has 0 radical (unpaired) electrons. The van der Waals surface area contributed by atoms with Crippen molar-refractivity contribution < 1.29 is 28.9 Å². The molecule has 0 saturated carbocycles. The highest BCUT2D eigenvalue weighted by molar-refractivity contribution is 9.10. The van der Waals surface area contributed by atoms with Crippen LogP contribution in [0.2, 0.25) is 0 Å². The minimum absolute atomic E-state index is 0.0507. The van der Waals surface area contributed by atoms with Crippen LogP contribution in [0.1, 0.15) is 44.7 Å². The average molecular weight is 522 g/mol. The molecule has 2 aromatic carbocycles. The average Bonchev–Trinajstić information content (AvgIpc) is 2.74. The summed E-state index contributed by atoms with van der Waals surface area (Å²) >= 11 is 3.42. The molecule has 0 aromatic heterocycles. The lowest BCUT2D eigenvalue weighted by atomic mass is 9.92. The lowest BCUT2D eigenvalue weighted by Crippen LogP contribution is -2.51. The number of rotatable bonds is 9. The lowest BCUT2D eigenvalue weighted by molar-refractivity contribution is -0.152. The number of ether oxygens (including phenoxy) is 3. The number of benzene rings is 2. The van der Waals surface area contributed by atoms with Crippen LogP contribution < -0.4 is 0 Å². The van der Waals surface area contributed by atoms with Gasteiger partial charge in [0.2, 0.25) is 0 Å². The summed E-state index contributed by atoms with van der Waals surface area (Å²) in [5.74, 6) is -0.842. The Kier molecular flexibility index (Phi) is 9.73. The number of phenols is 1. The van der Waals surface area contributed by atoms with E-state index in [9.17, 15) is 14.7 Å². The number of carbonyl (C=O) groups excluding carboxylic acids is 2. The van der Waals surface area contributed by atoms with E-state index >= 15 is 0 Å². The SMILES string of the molecule is COCN(C(=O)OC(C)(C)C)[C@H](C(=O)OCCc1ccccc1O)C(C)c1ccc(Br)cc1. The Balaban J connectivity index is 2.29. The number of nitrogens with zero attached hydrogens (tertiary/aromatic N) is 1. The standard InChI is InChI=1S/C25H32BrNO6/c1-17(18-10-12-20(26)13-11-18)22(27(16-31-5)24(30)33-25(2,3)4)23(29)32-15-14-19-8-6-7-9-21(19)28/h6-13,17,22,28H,14-16H2,1-5H3/t17?,22-/m0/s1. The second kappa shape index (κ2) is 12.0. The fourth-order valence-electron chi connectivity index (χ4n) is 3.33. The maximum absolute atomic E-state index is 13.3. The zero-order valence-electron chi connectivity index (χ0n) is 19.7. The molecule has 0 fully saturated rings. The van der Waals surface area contributed by atoms with E-state index in [0.717, 1.165) is 10.0 Å². The minimum Gasteiger partial charge on any atom is -0.508 e. The van der Waals surface area contributed by atoms with Crippen LogP contribution in [0.15, 0.2) is 53.0 Å². The van der Waals surface area contributed by atoms with Crippen molar-refractivity contribution in [3.63, 3.8) is 0 Å². The second-order valence-corrected chi connectivity index (χ2v) is 9.61. The third-order valence-electron chi connectivity index (χ3n) is 4.95. The summed E-state index contributed by atoms with van der Waals surface area (Å²) in [7, 11) is 1.45. The van der Waals surface area contributed by atoms with Gasteiger partial charge in [-0.2, -0.15) is 0 Å². The van der Waals surface area contributed by atoms with Gasteiger partial charge in [0.25, 0.3) is 0 Å². The number of hydrogen-bond donors (Lipinski definition) is 1. The highest BCUT2D eigenvalue weighted by atomic mass is 79.9. The number of hydrogen-bond acceptors (Lipinski definition) is 6. The molecule has 8 heteroatoms. The number of amides is 1. The molecular weight excluding hydrogens is 490 g/mol. The van der Waals surface area contributed by atoms with Crippen LogP contribution in [0.3, 0.4) is 0 Å². The first-order valence-electron chi connectivity index (χ1n) is 10.7. The Morgan fingerprint density at radius 2 is 1.73 bits per heavy atom. The third kappa shape index (κ3) is 8.05. The van der Waals surface area contributed by atoms with Crippen molar-refractivity contribution in [2.24, 2.45) is 0 Å². The molecule has 33 heavy (non-hydrogen) atoms. The zero-order chi connectivity index (χ0) is 24.6. The van der Waals surface area contributed by atoms with Gasteiger partial charge < -0.3 is 19.3 Å². The van der Waals surface area contributed by atoms with Gasteiger partial charge in [-0.15, -0.1) is 0 Å². The summed E-state index contributed by atoms with van der Waals surface area (Å²) in [6.45, 7) is 7.03. The van der Waals surface area contributed by atoms with Crippen molar-refractivity contribution in [3.05, 3.63) is 64.1 Å². The summed E-state index contributed by atoms with van der Waals surface area (Å²) in [5, 5.41) is 9.95. The number of para-hydroxylation sites is 1. The van der Waals surface area contributed by atoms with Gasteiger partial charge in [-0.1, -0.05) is 53.2 Å². The molecule has 0 aliphatic carbocycles. The maximum atomic E-state index is 13.3. The molecule has 0 aliphatic rings. The molecule has 0 spiro atoms. The van der Waals surface area contributed by atoms with E-state index in [1.54, 1.807) is 45.0 Å². The Bertz CT molecular complexity index is 925. The first-order valence-corrected chi connectivity index (χ1v) is 11.5. The topological polar surface area (TPSA) is 85.3 Å². The predicted octanol–water partition coefficient (Wildman–Crippen LogP) is 5.25. The number of esters is 1. The summed E-state index contributed by atoms with van der Waals surface area (Å²) in [6.07, 6.45) is -0.329. The molecule has 7 nitrogen and oxygen atoms in total. The quantitative estimate of drug-likeness (QED) is 0.358. The highest BCUT2D eigenvalue weighted by Gasteiger charge is 2.38. The van der Waals surface area contributed by atoms with Gasteiger partial charge in [0.05, 0.1) is 6.61 Å². The summed E-state index contributed by atoms with van der Waals surface area (Å²) < 4.78 is 17.3. The van der Waals surface area contributed by atoms with Crippen LogP contribution in [-0.4, -0.2) is 54.2 Å². The smallest absolute Gasteiger partial charge is 0.412 e. The van der Waals surface area contributed by atoms with Gasteiger partial charge in [-0.25, -0.2) is 9.59 Å². The second-order valence-electron chi connectivity index (χ2n) is 8.70. The van der Waals surface area contributed by atoms with Gasteiger partial charge in [0.15, 0.2) is 0 Å². The van der Waals surface area contributed by atoms with Crippen molar-refractivity contribution >= 4 is 28.0 Å². The lowest BCUT2D eigenvalue weighted by Gasteiger charge is -2.34. The van der Waals surface area contributed by atoms with Crippen LogP contribution in [-0.2, 0) is 25.4 Å². The van der Waals surface area contributed by atoms with Crippen molar-refractivity contribution in [2.45, 2.75) is 51.7 Å². The molecule has 0 bridgehead atoms. The van der Waals surface area contributed by atoms with Crippen molar-refractivity contribution in [1.29, 1.82) is 0 Å². The molecule has 1 N–H and O–H groups in total. The van der Waals surface area contributed by atoms with E-state index in [-0.39, 0.29) is 19.1 Å². The van der Waals surface area contributed by atoms with E-state index < -0.39 is 29.6 Å². The fourth-order valence-corrected chi connectivity index (χ4v) is 3.59. The molecule has 0 aliphatic heterocycles. The molecule has 2 rings (SSSR count). The fraction of sp³-hybridized carbons (Fsp3) is 0.440. The van der Waals surface area contributed by atoms with Crippen LogP contribution in [0.25, 0.3) is 0 Å². The summed E-state index contributed by atoms with van der Waals surface area (Å²) in [4.78, 5) is 27.5. The molecule has 1 amide bonds. The largest absolute Gasteiger partial charge is 0.508 e. The number of phenolic OH excluding ortho intramolecular Hbond substituents is 1. The molecule has 0 saturated heterocycles. The molecular formula is C25H32BrNO6. The summed E-state index contributed by atoms with van der Waals surface area (Å²) in [6, 6.07) is 13.4. The van der Waals surface area contributed by atoms with Crippen LogP contribution >= 0.6 is 15.9 Å². The van der Waals surface area contributed by atoms with Crippen LogP contribution in [0.4, 0.5) is 4.79 Å². The van der Waals surface area contributed by atoms with Crippen LogP contribution in [0.5, 0.6) is 5.75 Å². The van der Waals surface area contributed by atoms with E-state index in [4.69, 9.17) is 14.2 Å². The molecule has 1 unspecified atom stereocenters. The minimum atomic E-state index is -0.981. The molecule has 180 valence electrons. The van der Waals surface area contributed by atoms with Gasteiger partial charge in [0, 0.05) is 23.9 Å². The van der Waals surface area contributed by atoms with Gasteiger partial charge in [-0.05, 0) is 50.1 Å². The number of aromatic hydroxyl groups is 1. The van der Waals surface area contributed by atoms with E-state index in [0.29, 0.717) is 12.0 Å². The predicted molar refractivity (Wildman–Crippen MR) is 129 cm³/mol. The van der Waals surface area contributed by atoms with Gasteiger partial charge in [-0.3, -0.25) is 4.90 Å². The Morgan fingerprint density at radius 3 is 2.30 bits per heavy atom. The first kappa shape index (κ1) is 26.7. The summed E-state index contributed by atoms with van der Waals surface area (Å²) in [5.41, 5.74) is 0.776. The molecule has 0 heterocycles. The maximum Gasteiger partial charge on any atom is 0.412 e. The van der Waals surface area contributed by atoms with Gasteiger partial charge in [0.1, 0.15) is 24.1 Å². The Morgan fingerprint density at radius 1 is 1.09 bits per heavy atom. The van der Waals surface area contributed by atoms with E-state index in [1.165, 1.54) is 12.0 Å². The normalized spacial score (nSPS) is 13.2. The van der Waals surface area contributed by atoms with Crippen LogP contribution in [0, 0.1) is 0 Å². The van der Waals surface area contributed by atoms with Crippen molar-refractivity contribution in [3.8, 4) is 5.75 Å². The number of halogens is 1. The Labute approximate surface area is 203 Å². The number of methoxy groups -OCH3 is 1. The Hall–Kier alpha value is -2.58. The number of carbonyl (C=O) groups is 2. The first-order chi connectivity index (χ1) is 15.5. The highest BCUT2D eigenvalue weighted by Crippen LogP contribution is 2.27. The van der Waals surface area contributed by atoms with Crippen molar-refractivity contribution in [1.82, 2.24) is 4.90 Å². The van der Waals surface area contributed by atoms with E-state index in [2.05, 4.69) is 15.9 Å². The zero-order valence-corrected chi connectivity index (χ0v) is 21.3. The van der Waals surface area contributed by atoms with E-state index in [1.807, 2.05) is 31.2 Å². The molecule has 2 atom stereocenters.